The number of nitrogens with two attached hydrogens (primary N) is 1. The quantitative estimate of drug-likeness (QED) is 0.478. The first kappa shape index (κ1) is 21.0. The highest BCUT2D eigenvalue weighted by molar-refractivity contribution is 5.94. The van der Waals surface area contributed by atoms with E-state index in [0.29, 0.717) is 25.2 Å². The molecule has 0 radical (unpaired) electrons. The smallest absolute Gasteiger partial charge is 0.269 e. The van der Waals surface area contributed by atoms with Crippen LogP contribution in [0.4, 0.5) is 5.69 Å². The highest BCUT2D eigenvalue weighted by atomic mass is 16.6. The van der Waals surface area contributed by atoms with Crippen molar-refractivity contribution >= 4 is 17.5 Å². The van der Waals surface area contributed by atoms with E-state index in [1.165, 1.54) is 24.3 Å². The zero-order valence-corrected chi connectivity index (χ0v) is 15.5. The second kappa shape index (κ2) is 10.8. The summed E-state index contributed by atoms with van der Waals surface area (Å²) in [5.41, 5.74) is 6.98. The van der Waals surface area contributed by atoms with Crippen molar-refractivity contribution in [2.24, 2.45) is 5.73 Å². The molecular formula is C20H24N4O4. The molecule has 2 amide bonds. The lowest BCUT2D eigenvalue weighted by Gasteiger charge is -2.22. The van der Waals surface area contributed by atoms with Gasteiger partial charge in [-0.25, -0.2) is 0 Å². The molecule has 0 unspecified atom stereocenters. The first-order valence-corrected chi connectivity index (χ1v) is 9.05. The Balaban J connectivity index is 1.81. The summed E-state index contributed by atoms with van der Waals surface area (Å²) >= 11 is 0. The van der Waals surface area contributed by atoms with Crippen LogP contribution in [0.25, 0.3) is 0 Å². The molecule has 0 saturated heterocycles. The van der Waals surface area contributed by atoms with E-state index in [1.807, 2.05) is 30.3 Å². The fourth-order valence-electron chi connectivity index (χ4n) is 2.70. The highest BCUT2D eigenvalue weighted by Gasteiger charge is 2.14. The minimum atomic E-state index is -0.526. The van der Waals surface area contributed by atoms with Crippen molar-refractivity contribution in [1.29, 1.82) is 0 Å². The number of hydrogen-bond donors (Lipinski definition) is 2. The molecule has 3 N–H and O–H groups in total. The van der Waals surface area contributed by atoms with Gasteiger partial charge >= 0.3 is 0 Å². The second-order valence-corrected chi connectivity index (χ2v) is 6.21. The molecule has 0 saturated carbocycles. The molecule has 8 nitrogen and oxygen atoms in total. The van der Waals surface area contributed by atoms with Gasteiger partial charge in [-0.2, -0.15) is 0 Å². The van der Waals surface area contributed by atoms with E-state index >= 15 is 0 Å². The third-order valence-electron chi connectivity index (χ3n) is 4.23. The third-order valence-corrected chi connectivity index (χ3v) is 4.23. The van der Waals surface area contributed by atoms with E-state index in [1.54, 1.807) is 4.90 Å². The molecule has 2 rings (SSSR count). The van der Waals surface area contributed by atoms with E-state index in [-0.39, 0.29) is 30.5 Å². The maximum absolute atomic E-state index is 12.4. The van der Waals surface area contributed by atoms with Crippen LogP contribution in [0, 0.1) is 10.1 Å². The van der Waals surface area contributed by atoms with Crippen LogP contribution in [-0.2, 0) is 11.2 Å². The van der Waals surface area contributed by atoms with Crippen LogP contribution < -0.4 is 11.1 Å². The standard InChI is InChI=1S/C20H24N4O4/c21-12-15-23(14-11-16-4-2-1-3-5-16)19(25)10-13-22-20(26)17-6-8-18(9-7-17)24(27)28/h1-9H,10-15,21H2,(H,22,26). The van der Waals surface area contributed by atoms with E-state index in [4.69, 9.17) is 5.73 Å². The van der Waals surface area contributed by atoms with Crippen molar-refractivity contribution in [3.05, 3.63) is 75.8 Å². The average molecular weight is 384 g/mol. The summed E-state index contributed by atoms with van der Waals surface area (Å²) in [7, 11) is 0. The zero-order valence-electron chi connectivity index (χ0n) is 15.5. The first-order valence-electron chi connectivity index (χ1n) is 9.05. The summed E-state index contributed by atoms with van der Waals surface area (Å²) in [4.78, 5) is 36.3. The molecule has 0 aliphatic heterocycles. The molecule has 0 heterocycles. The number of amides is 2. The molecule has 28 heavy (non-hydrogen) atoms. The Morgan fingerprint density at radius 2 is 1.71 bits per heavy atom. The van der Waals surface area contributed by atoms with Crippen molar-refractivity contribution in [2.45, 2.75) is 12.8 Å². The van der Waals surface area contributed by atoms with Crippen LogP contribution in [0.2, 0.25) is 0 Å². The van der Waals surface area contributed by atoms with Gasteiger partial charge in [-0.3, -0.25) is 19.7 Å². The Kier molecular flexibility index (Phi) is 8.11. The summed E-state index contributed by atoms with van der Waals surface area (Å²) in [6.07, 6.45) is 0.898. The number of nitro benzene ring substituents is 1. The van der Waals surface area contributed by atoms with Crippen molar-refractivity contribution < 1.29 is 14.5 Å². The largest absolute Gasteiger partial charge is 0.352 e. The predicted octanol–water partition coefficient (Wildman–Crippen LogP) is 1.74. The lowest BCUT2D eigenvalue weighted by molar-refractivity contribution is -0.384. The number of carbonyl (C=O) groups is 2. The Labute approximate surface area is 163 Å². The number of non-ortho nitro benzene ring substituents is 1. The van der Waals surface area contributed by atoms with E-state index in [2.05, 4.69) is 5.32 Å². The van der Waals surface area contributed by atoms with Gasteiger partial charge in [-0.1, -0.05) is 30.3 Å². The number of hydrogen-bond acceptors (Lipinski definition) is 5. The molecule has 0 aliphatic carbocycles. The second-order valence-electron chi connectivity index (χ2n) is 6.21. The average Bonchev–Trinajstić information content (AvgIpc) is 2.71. The first-order chi connectivity index (χ1) is 13.5. The normalized spacial score (nSPS) is 10.3. The summed E-state index contributed by atoms with van der Waals surface area (Å²) in [5, 5.41) is 13.3. The lowest BCUT2D eigenvalue weighted by Crippen LogP contribution is -2.38. The number of nitro groups is 1. The third kappa shape index (κ3) is 6.48. The summed E-state index contributed by atoms with van der Waals surface area (Å²) in [6, 6.07) is 15.2. The number of rotatable bonds is 10. The monoisotopic (exact) mass is 384 g/mol. The molecule has 148 valence electrons. The fraction of sp³-hybridized carbons (Fsp3) is 0.300. The van der Waals surface area contributed by atoms with Gasteiger partial charge in [0.1, 0.15) is 0 Å². The molecule has 8 heteroatoms. The molecule has 2 aromatic carbocycles. The van der Waals surface area contributed by atoms with Gasteiger partial charge in [0.15, 0.2) is 0 Å². The lowest BCUT2D eigenvalue weighted by atomic mass is 10.1. The van der Waals surface area contributed by atoms with Crippen LogP contribution in [0.5, 0.6) is 0 Å². The van der Waals surface area contributed by atoms with Crippen LogP contribution in [0.3, 0.4) is 0 Å². The Hall–Kier alpha value is -3.26. The molecule has 0 aliphatic rings. The van der Waals surface area contributed by atoms with Gasteiger partial charge in [-0.15, -0.1) is 0 Å². The molecule has 2 aromatic rings. The minimum Gasteiger partial charge on any atom is -0.352 e. The molecular weight excluding hydrogens is 360 g/mol. The van der Waals surface area contributed by atoms with Gasteiger partial charge in [-0.05, 0) is 24.1 Å². The fourth-order valence-corrected chi connectivity index (χ4v) is 2.70. The van der Waals surface area contributed by atoms with Crippen LogP contribution >= 0.6 is 0 Å². The predicted molar refractivity (Wildman–Crippen MR) is 106 cm³/mol. The maximum atomic E-state index is 12.4. The molecule has 0 atom stereocenters. The molecule has 0 fully saturated rings. The minimum absolute atomic E-state index is 0.0784. The molecule has 0 aromatic heterocycles. The van der Waals surface area contributed by atoms with Crippen molar-refractivity contribution in [1.82, 2.24) is 10.2 Å². The van der Waals surface area contributed by atoms with Crippen LogP contribution in [0.15, 0.2) is 54.6 Å². The van der Waals surface area contributed by atoms with Gasteiger partial charge in [0.2, 0.25) is 5.91 Å². The van der Waals surface area contributed by atoms with E-state index in [9.17, 15) is 19.7 Å². The van der Waals surface area contributed by atoms with E-state index in [0.717, 1.165) is 12.0 Å². The van der Waals surface area contributed by atoms with Crippen LogP contribution in [-0.4, -0.2) is 47.8 Å². The van der Waals surface area contributed by atoms with Gasteiger partial charge in [0, 0.05) is 50.3 Å². The van der Waals surface area contributed by atoms with Crippen molar-refractivity contribution in [3.8, 4) is 0 Å². The van der Waals surface area contributed by atoms with Crippen LogP contribution in [0.1, 0.15) is 22.3 Å². The van der Waals surface area contributed by atoms with Crippen molar-refractivity contribution in [2.75, 3.05) is 26.2 Å². The van der Waals surface area contributed by atoms with Gasteiger partial charge in [0.05, 0.1) is 4.92 Å². The molecule has 0 spiro atoms. The zero-order chi connectivity index (χ0) is 20.4. The van der Waals surface area contributed by atoms with Crippen molar-refractivity contribution in [3.63, 3.8) is 0 Å². The summed E-state index contributed by atoms with van der Waals surface area (Å²) in [5.74, 6) is -0.456. The Bertz CT molecular complexity index is 794. The van der Waals surface area contributed by atoms with E-state index < -0.39 is 4.92 Å². The maximum Gasteiger partial charge on any atom is 0.269 e. The number of benzene rings is 2. The summed E-state index contributed by atoms with van der Waals surface area (Å²) < 4.78 is 0. The topological polar surface area (TPSA) is 119 Å². The number of carbonyl (C=O) groups excluding carboxylic acids is 2. The highest BCUT2D eigenvalue weighted by Crippen LogP contribution is 2.11. The Morgan fingerprint density at radius 1 is 1.04 bits per heavy atom. The molecule has 0 bridgehead atoms. The van der Waals surface area contributed by atoms with Gasteiger partial charge < -0.3 is 16.0 Å². The number of nitrogens with zero attached hydrogens (tertiary/aromatic N) is 2. The number of nitrogens with one attached hydrogen (secondary N) is 1. The summed E-state index contributed by atoms with van der Waals surface area (Å²) in [6.45, 7) is 1.58. The van der Waals surface area contributed by atoms with Gasteiger partial charge in [0.25, 0.3) is 11.6 Å². The Morgan fingerprint density at radius 3 is 2.32 bits per heavy atom. The SMILES string of the molecule is NCCN(CCc1ccccc1)C(=O)CCNC(=O)c1ccc([N+](=O)[O-])cc1.